The van der Waals surface area contributed by atoms with E-state index in [0.717, 1.165) is 73.2 Å². The second kappa shape index (κ2) is 20.6. The highest BCUT2D eigenvalue weighted by Gasteiger charge is 2.23. The minimum absolute atomic E-state index is 0.0458. The minimum atomic E-state index is -0.219. The van der Waals surface area contributed by atoms with Crippen molar-refractivity contribution in [1.82, 2.24) is 0 Å². The third-order valence-corrected chi connectivity index (χ3v) is 11.2. The highest BCUT2D eigenvalue weighted by Crippen LogP contribution is 2.39. The fourth-order valence-corrected chi connectivity index (χ4v) is 8.30. The van der Waals surface area contributed by atoms with Gasteiger partial charge in [-0.2, -0.15) is 15.8 Å². The van der Waals surface area contributed by atoms with Gasteiger partial charge >= 0.3 is 0 Å². The molecule has 0 amide bonds. The molecule has 3 aliphatic heterocycles. The van der Waals surface area contributed by atoms with Gasteiger partial charge in [0.25, 0.3) is 0 Å². The third-order valence-electron chi connectivity index (χ3n) is 11.2. The van der Waals surface area contributed by atoms with E-state index < -0.39 is 0 Å². The number of ether oxygens (including phenoxy) is 7. The van der Waals surface area contributed by atoms with Gasteiger partial charge in [0.15, 0.2) is 0 Å². The SMILES string of the molecule is N#CC(C#N)=C(C#N)c1ccc(N2CCOc3c4cccc3Cc3cccc5c3OCCOCCOCCOCCOc3c(cccc3Cc3cccc(c3OCC2)C5)C4)cc1. The Morgan fingerprint density at radius 1 is 0.387 bits per heavy atom. The molecule has 0 saturated carbocycles. The Morgan fingerprint density at radius 2 is 0.710 bits per heavy atom. The normalized spacial score (nSPS) is 15.9. The first-order valence-corrected chi connectivity index (χ1v) is 21.1. The molecule has 0 N–H and O–H groups in total. The molecule has 0 aromatic heterocycles. The van der Waals surface area contributed by atoms with Crippen LogP contribution in [0.5, 0.6) is 23.0 Å². The molecule has 0 spiro atoms. The monoisotopic (exact) mass is 828 g/mol. The van der Waals surface area contributed by atoms with Crippen LogP contribution in [0, 0.1) is 34.0 Å². The van der Waals surface area contributed by atoms with Crippen molar-refractivity contribution in [1.29, 1.82) is 15.8 Å². The lowest BCUT2D eigenvalue weighted by atomic mass is 9.91. The lowest BCUT2D eigenvalue weighted by Crippen LogP contribution is -2.32. The lowest BCUT2D eigenvalue weighted by Gasteiger charge is -2.28. The molecule has 0 unspecified atom stereocenters. The highest BCUT2D eigenvalue weighted by atomic mass is 16.6. The Kier molecular flexibility index (Phi) is 13.9. The van der Waals surface area contributed by atoms with Crippen molar-refractivity contribution in [3.8, 4) is 41.2 Å². The van der Waals surface area contributed by atoms with Crippen molar-refractivity contribution in [3.63, 3.8) is 0 Å². The number of fused-ring (bicyclic) bond motifs is 6. The molecule has 4 aliphatic rings. The average Bonchev–Trinajstić information content (AvgIpc) is 3.28. The summed E-state index contributed by atoms with van der Waals surface area (Å²) in [7, 11) is 0. The van der Waals surface area contributed by atoms with Crippen LogP contribution in [0.3, 0.4) is 0 Å². The summed E-state index contributed by atoms with van der Waals surface area (Å²) in [6.45, 7) is 5.17. The first-order chi connectivity index (χ1) is 30.6. The number of hydrogen-bond donors (Lipinski definition) is 0. The van der Waals surface area contributed by atoms with Crippen LogP contribution in [0.4, 0.5) is 5.69 Å². The predicted octanol–water partition coefficient (Wildman–Crippen LogP) is 7.79. The molecule has 9 rings (SSSR count). The maximum atomic E-state index is 9.81. The van der Waals surface area contributed by atoms with E-state index in [9.17, 15) is 15.8 Å². The summed E-state index contributed by atoms with van der Waals surface area (Å²) < 4.78 is 44.8. The van der Waals surface area contributed by atoms with Crippen molar-refractivity contribution in [2.45, 2.75) is 25.7 Å². The molecule has 11 nitrogen and oxygen atoms in total. The average molecular weight is 829 g/mol. The number of allylic oxidation sites excluding steroid dienone is 2. The second-order valence-electron chi connectivity index (χ2n) is 15.2. The van der Waals surface area contributed by atoms with Gasteiger partial charge < -0.3 is 38.1 Å². The largest absolute Gasteiger partial charge is 0.491 e. The molecule has 5 aromatic rings. The van der Waals surface area contributed by atoms with Crippen LogP contribution in [-0.4, -0.2) is 79.2 Å². The molecular formula is C51H48N4O7. The van der Waals surface area contributed by atoms with Crippen molar-refractivity contribution in [2.75, 3.05) is 84.1 Å². The Bertz CT molecular complexity index is 2310. The molecule has 0 fully saturated rings. The van der Waals surface area contributed by atoms with Gasteiger partial charge in [0.2, 0.25) is 0 Å². The molecule has 314 valence electrons. The molecule has 0 radical (unpaired) electrons. The highest BCUT2D eigenvalue weighted by molar-refractivity contribution is 5.84. The van der Waals surface area contributed by atoms with Crippen LogP contribution in [0.2, 0.25) is 0 Å². The van der Waals surface area contributed by atoms with Gasteiger partial charge in [0, 0.05) is 31.4 Å². The molecular weight excluding hydrogens is 781 g/mol. The number of hydrogen-bond acceptors (Lipinski definition) is 11. The standard InChI is InChI=1S/C51H48N4O7/c52-33-45(34-53)47(35-54)36-13-15-46(16-14-36)55-17-19-59-48-37-5-1-6-38(48)30-42-10-4-12-44-32-40-8-2-7-39(49(40)60-20-18-55)31-43-11-3-9-41(29-37)50(43)61-27-25-57-23-21-56-22-24-58-26-28-62-51(42)44/h1-16H,17-32H2. The molecule has 12 bridgehead atoms. The van der Waals surface area contributed by atoms with Crippen molar-refractivity contribution >= 4 is 11.3 Å². The lowest BCUT2D eigenvalue weighted by molar-refractivity contribution is 0.00484. The summed E-state index contributed by atoms with van der Waals surface area (Å²) in [5.74, 6) is 3.30. The number of nitriles is 3. The summed E-state index contributed by atoms with van der Waals surface area (Å²) in [6.07, 6.45) is 2.27. The fourth-order valence-electron chi connectivity index (χ4n) is 8.30. The zero-order valence-corrected chi connectivity index (χ0v) is 34.7. The van der Waals surface area contributed by atoms with Crippen LogP contribution in [0.25, 0.3) is 5.57 Å². The molecule has 5 aromatic carbocycles. The minimum Gasteiger partial charge on any atom is -0.491 e. The van der Waals surface area contributed by atoms with Crippen molar-refractivity contribution in [2.24, 2.45) is 0 Å². The number of para-hydroxylation sites is 4. The molecule has 1 aliphatic carbocycles. The zero-order chi connectivity index (χ0) is 42.5. The van der Waals surface area contributed by atoms with Crippen molar-refractivity contribution < 1.29 is 33.2 Å². The summed E-state index contributed by atoms with van der Waals surface area (Å²) >= 11 is 0. The predicted molar refractivity (Wildman–Crippen MR) is 234 cm³/mol. The Balaban J connectivity index is 1.27. The van der Waals surface area contributed by atoms with Gasteiger partial charge in [-0.05, 0) is 62.2 Å². The topological polar surface area (TPSA) is 139 Å². The third kappa shape index (κ3) is 9.86. The van der Waals surface area contributed by atoms with Gasteiger partial charge in [-0.3, -0.25) is 0 Å². The Morgan fingerprint density at radius 3 is 1.03 bits per heavy atom. The number of nitrogens with zero attached hydrogens (tertiary/aromatic N) is 4. The van der Waals surface area contributed by atoms with E-state index in [2.05, 4.69) is 77.7 Å². The summed E-state index contributed by atoms with van der Waals surface area (Å²) in [6, 6.07) is 38.6. The fraction of sp³-hybridized carbons (Fsp3) is 0.314. The summed E-state index contributed by atoms with van der Waals surface area (Å²) in [5.41, 5.74) is 9.54. The zero-order valence-electron chi connectivity index (χ0n) is 34.7. The number of anilines is 1. The molecule has 11 heteroatoms. The quantitative estimate of drug-likeness (QED) is 0.125. The Labute approximate surface area is 362 Å². The number of benzene rings is 5. The van der Waals surface area contributed by atoms with Gasteiger partial charge in [0.1, 0.15) is 73.2 Å². The maximum absolute atomic E-state index is 9.81. The second-order valence-corrected chi connectivity index (χ2v) is 15.2. The molecule has 0 saturated heterocycles. The van der Waals surface area contributed by atoms with Crippen LogP contribution < -0.4 is 23.8 Å². The van der Waals surface area contributed by atoms with E-state index in [1.807, 2.05) is 30.3 Å². The first kappa shape index (κ1) is 41.9. The number of rotatable bonds is 2. The van der Waals surface area contributed by atoms with E-state index >= 15 is 0 Å². The van der Waals surface area contributed by atoms with E-state index in [-0.39, 0.29) is 11.1 Å². The molecule has 3 heterocycles. The first-order valence-electron chi connectivity index (χ1n) is 21.1. The van der Waals surface area contributed by atoms with Crippen LogP contribution in [0.15, 0.2) is 103 Å². The van der Waals surface area contributed by atoms with E-state index in [1.54, 1.807) is 12.1 Å². The van der Waals surface area contributed by atoms with Gasteiger partial charge in [-0.25, -0.2) is 0 Å². The van der Waals surface area contributed by atoms with Crippen LogP contribution in [0.1, 0.15) is 50.1 Å². The van der Waals surface area contributed by atoms with E-state index in [0.29, 0.717) is 110 Å². The van der Waals surface area contributed by atoms with Crippen LogP contribution >= 0.6 is 0 Å². The van der Waals surface area contributed by atoms with Gasteiger partial charge in [0.05, 0.1) is 58.3 Å². The van der Waals surface area contributed by atoms with Gasteiger partial charge in [-0.15, -0.1) is 0 Å². The van der Waals surface area contributed by atoms with E-state index in [4.69, 9.17) is 33.2 Å². The molecule has 62 heavy (non-hydrogen) atoms. The van der Waals surface area contributed by atoms with Gasteiger partial charge in [-0.1, -0.05) is 84.9 Å². The van der Waals surface area contributed by atoms with Crippen LogP contribution in [-0.2, 0) is 39.9 Å². The maximum Gasteiger partial charge on any atom is 0.148 e. The summed E-state index contributed by atoms with van der Waals surface area (Å²) in [4.78, 5) is 2.20. The smallest absolute Gasteiger partial charge is 0.148 e. The molecule has 0 atom stereocenters. The van der Waals surface area contributed by atoms with Crippen molar-refractivity contribution in [3.05, 3.63) is 153 Å². The van der Waals surface area contributed by atoms with E-state index in [1.165, 1.54) is 0 Å². The Hall–Kier alpha value is -6.81. The summed E-state index contributed by atoms with van der Waals surface area (Å²) in [5, 5.41) is 28.8.